The molecule has 15 heteroatoms. The molecule has 6 unspecified atom stereocenters. The van der Waals surface area contributed by atoms with Crippen LogP contribution in [0.3, 0.4) is 0 Å². The fourth-order valence-corrected chi connectivity index (χ4v) is 10.2. The van der Waals surface area contributed by atoms with Gasteiger partial charge in [0.25, 0.3) is 11.4 Å². The van der Waals surface area contributed by atoms with E-state index in [1.54, 1.807) is 41.3 Å². The third kappa shape index (κ3) is 11.4. The van der Waals surface area contributed by atoms with Gasteiger partial charge in [0.15, 0.2) is 0 Å². The molecule has 364 valence electrons. The Morgan fingerprint density at radius 3 is 2.22 bits per heavy atom. The molecule has 0 saturated heterocycles. The standard InChI is InChI=1S/C54H62N4O11/c1-5-27-56(51(61)26-18-38-14-19-41(20-15-38)57(62)63)50-34-48(55-67-35-39-16-21-42(22-17-39)58(64)65)46-32-40(11-7-9-28-59)45(12-8-10-29-60)52-47-33-44(68-43-23-13-36(3)37(4)31-43)24-25-49(47)69-54(50,53(46)52)66-30-6-2/h6,13-26,31-33,40,45,50,52-53,59-60H,2,5,7-12,27-30,34-35H2,1,3-4H3. The van der Waals surface area contributed by atoms with E-state index in [4.69, 9.17) is 24.2 Å². The van der Waals surface area contributed by atoms with Crippen molar-refractivity contribution in [3.63, 3.8) is 0 Å². The van der Waals surface area contributed by atoms with Crippen molar-refractivity contribution in [3.8, 4) is 17.2 Å². The van der Waals surface area contributed by atoms with Crippen LogP contribution in [0.25, 0.3) is 6.08 Å². The highest BCUT2D eigenvalue weighted by atomic mass is 16.7. The first-order valence-corrected chi connectivity index (χ1v) is 23.8. The van der Waals surface area contributed by atoms with Gasteiger partial charge in [-0.05, 0) is 146 Å². The van der Waals surface area contributed by atoms with E-state index in [1.807, 2.05) is 50.2 Å². The Bertz CT molecular complexity index is 2560. The quantitative estimate of drug-likeness (QED) is 0.0236. The summed E-state index contributed by atoms with van der Waals surface area (Å²) in [6.07, 6.45) is 12.0. The predicted octanol–water partition coefficient (Wildman–Crippen LogP) is 10.7. The molecule has 1 amide bonds. The number of carbonyl (C=O) groups is 1. The van der Waals surface area contributed by atoms with Crippen molar-refractivity contribution in [2.75, 3.05) is 26.4 Å². The summed E-state index contributed by atoms with van der Waals surface area (Å²) >= 11 is 0. The van der Waals surface area contributed by atoms with Gasteiger partial charge in [-0.1, -0.05) is 43.1 Å². The maximum absolute atomic E-state index is 14.9. The van der Waals surface area contributed by atoms with Gasteiger partial charge in [0.1, 0.15) is 29.9 Å². The van der Waals surface area contributed by atoms with Crippen LogP contribution < -0.4 is 9.47 Å². The molecule has 7 rings (SSSR count). The lowest BCUT2D eigenvalue weighted by molar-refractivity contribution is -0.385. The maximum atomic E-state index is 14.9. The lowest BCUT2D eigenvalue weighted by Gasteiger charge is -2.60. The molecule has 0 radical (unpaired) electrons. The third-order valence-corrected chi connectivity index (χ3v) is 13.6. The van der Waals surface area contributed by atoms with Gasteiger partial charge in [-0.3, -0.25) is 25.0 Å². The molecule has 0 bridgehead atoms. The second kappa shape index (κ2) is 23.1. The number of allylic oxidation sites excluding steroid dienone is 1. The molecule has 4 aromatic carbocycles. The van der Waals surface area contributed by atoms with Crippen molar-refractivity contribution < 1.29 is 43.9 Å². The number of nitro benzene ring substituents is 2. The van der Waals surface area contributed by atoms with Crippen molar-refractivity contribution in [1.82, 2.24) is 4.90 Å². The molecule has 4 aromatic rings. The maximum Gasteiger partial charge on any atom is 0.269 e. The van der Waals surface area contributed by atoms with Crippen LogP contribution in [0.2, 0.25) is 0 Å². The van der Waals surface area contributed by atoms with Gasteiger partial charge in [-0.2, -0.15) is 0 Å². The molecule has 1 fully saturated rings. The minimum atomic E-state index is -1.50. The average Bonchev–Trinajstić information content (AvgIpc) is 3.34. The number of aryl methyl sites for hydroxylation is 2. The Labute approximate surface area is 403 Å². The average molecular weight is 943 g/mol. The lowest BCUT2D eigenvalue weighted by Crippen LogP contribution is -2.70. The van der Waals surface area contributed by atoms with Crippen molar-refractivity contribution in [1.29, 1.82) is 0 Å². The summed E-state index contributed by atoms with van der Waals surface area (Å²) in [4.78, 5) is 44.7. The van der Waals surface area contributed by atoms with Gasteiger partial charge < -0.3 is 34.2 Å². The molecule has 0 spiro atoms. The van der Waals surface area contributed by atoms with Crippen molar-refractivity contribution in [2.24, 2.45) is 22.9 Å². The van der Waals surface area contributed by atoms with Gasteiger partial charge in [0.2, 0.25) is 11.7 Å². The van der Waals surface area contributed by atoms with E-state index in [0.717, 1.165) is 47.9 Å². The zero-order valence-electron chi connectivity index (χ0n) is 39.5. The highest BCUT2D eigenvalue weighted by Gasteiger charge is 2.65. The number of ether oxygens (including phenoxy) is 3. The fourth-order valence-electron chi connectivity index (χ4n) is 10.2. The van der Waals surface area contributed by atoms with Gasteiger partial charge >= 0.3 is 0 Å². The Kier molecular flexibility index (Phi) is 16.8. The smallest absolute Gasteiger partial charge is 0.269 e. The number of hydrogen-bond donors (Lipinski definition) is 2. The van der Waals surface area contributed by atoms with Crippen molar-refractivity contribution >= 4 is 29.1 Å². The Morgan fingerprint density at radius 2 is 1.57 bits per heavy atom. The minimum Gasteiger partial charge on any atom is -0.459 e. The Morgan fingerprint density at radius 1 is 0.899 bits per heavy atom. The molecule has 15 nitrogen and oxygen atoms in total. The first-order chi connectivity index (χ1) is 33.4. The Hall–Kier alpha value is -6.68. The zero-order chi connectivity index (χ0) is 49.1. The normalized spacial score (nSPS) is 22.0. The van der Waals surface area contributed by atoms with Crippen molar-refractivity contribution in [2.45, 2.75) is 96.5 Å². The van der Waals surface area contributed by atoms with Crippen LogP contribution in [-0.4, -0.2) is 74.8 Å². The number of amides is 1. The summed E-state index contributed by atoms with van der Waals surface area (Å²) in [5.74, 6) is -0.824. The molecule has 1 saturated carbocycles. The minimum absolute atomic E-state index is 0.00620. The second-order valence-electron chi connectivity index (χ2n) is 18.0. The fraction of sp³-hybridized carbons (Fsp3) is 0.407. The summed E-state index contributed by atoms with van der Waals surface area (Å²) in [7, 11) is 0. The highest BCUT2D eigenvalue weighted by molar-refractivity contribution is 6.03. The van der Waals surface area contributed by atoms with E-state index in [0.29, 0.717) is 59.9 Å². The van der Waals surface area contributed by atoms with Gasteiger partial charge in [0, 0.05) is 68.0 Å². The van der Waals surface area contributed by atoms with E-state index in [2.05, 4.69) is 19.6 Å². The van der Waals surface area contributed by atoms with E-state index in [9.17, 15) is 35.2 Å². The number of benzene rings is 4. The predicted molar refractivity (Wildman–Crippen MR) is 263 cm³/mol. The number of non-ortho nitro benzene ring substituents is 2. The van der Waals surface area contributed by atoms with E-state index >= 15 is 0 Å². The van der Waals surface area contributed by atoms with E-state index < -0.39 is 27.6 Å². The lowest BCUT2D eigenvalue weighted by atomic mass is 9.55. The molecule has 69 heavy (non-hydrogen) atoms. The summed E-state index contributed by atoms with van der Waals surface area (Å²) in [5.41, 5.74) is 5.77. The van der Waals surface area contributed by atoms with Crippen LogP contribution >= 0.6 is 0 Å². The molecule has 2 aliphatic carbocycles. The molecule has 1 heterocycles. The molecule has 2 N–H and O–H groups in total. The second-order valence-corrected chi connectivity index (χ2v) is 18.0. The summed E-state index contributed by atoms with van der Waals surface area (Å²) in [5, 5.41) is 47.7. The van der Waals surface area contributed by atoms with Crippen LogP contribution in [0.15, 0.2) is 120 Å². The number of aliphatic hydroxyl groups is 2. The monoisotopic (exact) mass is 942 g/mol. The molecule has 0 aromatic heterocycles. The van der Waals surface area contributed by atoms with Crippen LogP contribution in [0, 0.1) is 51.8 Å². The van der Waals surface area contributed by atoms with Crippen LogP contribution in [0.4, 0.5) is 11.4 Å². The number of hydrogen-bond acceptors (Lipinski definition) is 12. The van der Waals surface area contributed by atoms with Crippen LogP contribution in [0.1, 0.15) is 92.0 Å². The molecule has 6 atom stereocenters. The summed E-state index contributed by atoms with van der Waals surface area (Å²) in [6.45, 7) is 10.6. The number of nitro groups is 2. The zero-order valence-corrected chi connectivity index (χ0v) is 39.5. The summed E-state index contributed by atoms with van der Waals surface area (Å²) < 4.78 is 21.1. The van der Waals surface area contributed by atoms with Crippen LogP contribution in [0.5, 0.6) is 17.2 Å². The number of oxime groups is 1. The van der Waals surface area contributed by atoms with E-state index in [1.165, 1.54) is 30.3 Å². The number of nitrogens with zero attached hydrogens (tertiary/aromatic N) is 4. The number of unbranched alkanes of at least 4 members (excludes halogenated alkanes) is 2. The molecule has 1 aliphatic heterocycles. The van der Waals surface area contributed by atoms with E-state index in [-0.39, 0.29) is 67.9 Å². The number of carbonyl (C=O) groups excluding carboxylic acids is 1. The SMILES string of the molecule is C=CCOC12Oc3ccc(Oc4ccc(C)c(C)c4)cc3C3C(CCCCO)C(CCCCO)C=C(C(=NOCc4ccc([N+](=O)[O-])cc4)CC1N(CCC)C(=O)C=Cc1ccc([N+](=O)[O-])cc1)C32. The summed E-state index contributed by atoms with van der Waals surface area (Å²) in [6, 6.07) is 23.1. The molecular formula is C54H62N4O11. The topological polar surface area (TPSA) is 196 Å². The molecule has 3 aliphatic rings. The van der Waals surface area contributed by atoms with Gasteiger partial charge in [0.05, 0.1) is 28.1 Å². The third-order valence-electron chi connectivity index (χ3n) is 13.6. The highest BCUT2D eigenvalue weighted by Crippen LogP contribution is 2.62. The van der Waals surface area contributed by atoms with Gasteiger partial charge in [-0.25, -0.2) is 0 Å². The number of fused-ring (bicyclic) bond motifs is 2. The Balaban J connectivity index is 1.41. The van der Waals surface area contributed by atoms with Crippen LogP contribution in [-0.2, 0) is 21.0 Å². The molecular weight excluding hydrogens is 881 g/mol. The van der Waals surface area contributed by atoms with Crippen molar-refractivity contribution in [3.05, 3.63) is 163 Å². The first kappa shape index (κ1) is 50.2. The van der Waals surface area contributed by atoms with Gasteiger partial charge in [-0.15, -0.1) is 6.58 Å². The largest absolute Gasteiger partial charge is 0.459 e. The number of aliphatic hydroxyl groups excluding tert-OH is 2. The first-order valence-electron chi connectivity index (χ1n) is 23.8. The number of rotatable bonds is 23.